The average molecular weight is 289 g/mol. The van der Waals surface area contributed by atoms with Crippen LogP contribution in [0.15, 0.2) is 34.9 Å². The van der Waals surface area contributed by atoms with Gasteiger partial charge in [-0.05, 0) is 31.5 Å². The Morgan fingerprint density at radius 2 is 2.24 bits per heavy atom. The average Bonchev–Trinajstić information content (AvgIpc) is 2.85. The van der Waals surface area contributed by atoms with E-state index < -0.39 is 6.04 Å². The minimum atomic E-state index is -0.409. The number of carbonyl (C=O) groups is 1. The highest BCUT2D eigenvalue weighted by molar-refractivity contribution is 5.95. The van der Waals surface area contributed by atoms with Crippen molar-refractivity contribution in [1.82, 2.24) is 5.16 Å². The zero-order valence-corrected chi connectivity index (χ0v) is 12.3. The Labute approximate surface area is 123 Å². The number of methoxy groups -OCH3 is 1. The van der Waals surface area contributed by atoms with Crippen molar-refractivity contribution in [3.63, 3.8) is 0 Å². The van der Waals surface area contributed by atoms with Gasteiger partial charge in [0.15, 0.2) is 0 Å². The molecule has 0 aliphatic heterocycles. The van der Waals surface area contributed by atoms with Crippen LogP contribution in [0.3, 0.4) is 0 Å². The van der Waals surface area contributed by atoms with Crippen LogP contribution >= 0.6 is 0 Å². The van der Waals surface area contributed by atoms with Gasteiger partial charge in [-0.2, -0.15) is 0 Å². The lowest BCUT2D eigenvalue weighted by Gasteiger charge is -2.14. The number of benzene rings is 1. The lowest BCUT2D eigenvalue weighted by molar-refractivity contribution is -0.116. The third kappa shape index (κ3) is 4.32. The molecular weight excluding hydrogens is 270 g/mol. The third-order valence-electron chi connectivity index (χ3n) is 2.89. The van der Waals surface area contributed by atoms with Crippen molar-refractivity contribution in [3.8, 4) is 0 Å². The van der Waals surface area contributed by atoms with E-state index in [-0.39, 0.29) is 5.91 Å². The van der Waals surface area contributed by atoms with Crippen LogP contribution in [0.5, 0.6) is 0 Å². The summed E-state index contributed by atoms with van der Waals surface area (Å²) < 4.78 is 10.1. The van der Waals surface area contributed by atoms with Crippen LogP contribution in [0, 0.1) is 6.92 Å². The number of hydrogen-bond acceptors (Lipinski definition) is 5. The van der Waals surface area contributed by atoms with Gasteiger partial charge in [-0.25, -0.2) is 0 Å². The molecule has 0 radical (unpaired) electrons. The first kappa shape index (κ1) is 15.1. The fourth-order valence-electron chi connectivity index (χ4n) is 1.89. The first-order valence-electron chi connectivity index (χ1n) is 6.67. The van der Waals surface area contributed by atoms with Gasteiger partial charge in [0.1, 0.15) is 6.04 Å². The molecule has 6 heteroatoms. The summed E-state index contributed by atoms with van der Waals surface area (Å²) in [5.74, 6) is 0.155. The van der Waals surface area contributed by atoms with Gasteiger partial charge in [0.25, 0.3) is 0 Å². The number of anilines is 2. The van der Waals surface area contributed by atoms with Gasteiger partial charge < -0.3 is 14.6 Å². The lowest BCUT2D eigenvalue weighted by atomic mass is 10.2. The highest BCUT2D eigenvalue weighted by atomic mass is 16.5. The second kappa shape index (κ2) is 6.90. The number of amides is 1. The first-order chi connectivity index (χ1) is 10.1. The van der Waals surface area contributed by atoms with Crippen molar-refractivity contribution in [2.24, 2.45) is 0 Å². The van der Waals surface area contributed by atoms with Crippen LogP contribution in [0.2, 0.25) is 0 Å². The fourth-order valence-corrected chi connectivity index (χ4v) is 1.89. The Balaban J connectivity index is 1.95. The summed E-state index contributed by atoms with van der Waals surface area (Å²) in [7, 11) is 1.65. The largest absolute Gasteiger partial charge is 0.380 e. The van der Waals surface area contributed by atoms with Gasteiger partial charge in [0.05, 0.1) is 12.3 Å². The van der Waals surface area contributed by atoms with Crippen LogP contribution in [0.1, 0.15) is 18.2 Å². The second-order valence-corrected chi connectivity index (χ2v) is 4.82. The van der Waals surface area contributed by atoms with Gasteiger partial charge >= 0.3 is 0 Å². The van der Waals surface area contributed by atoms with Crippen molar-refractivity contribution in [1.29, 1.82) is 0 Å². The summed E-state index contributed by atoms with van der Waals surface area (Å²) in [6, 6.07) is 9.00. The molecule has 1 heterocycles. The zero-order chi connectivity index (χ0) is 15.2. The van der Waals surface area contributed by atoms with E-state index in [2.05, 4.69) is 15.8 Å². The van der Waals surface area contributed by atoms with Gasteiger partial charge in [-0.15, -0.1) is 0 Å². The molecule has 6 nitrogen and oxygen atoms in total. The molecule has 1 aromatic carbocycles. The number of nitrogens with one attached hydrogen (secondary N) is 2. The smallest absolute Gasteiger partial charge is 0.248 e. The highest BCUT2D eigenvalue weighted by Crippen LogP contribution is 2.14. The minimum absolute atomic E-state index is 0.191. The van der Waals surface area contributed by atoms with Crippen molar-refractivity contribution in [2.45, 2.75) is 26.5 Å². The molecule has 112 valence electrons. The molecule has 0 aliphatic carbocycles. The quantitative estimate of drug-likeness (QED) is 0.854. The predicted octanol–water partition coefficient (Wildman–Crippen LogP) is 2.57. The number of aromatic nitrogens is 1. The molecule has 0 spiro atoms. The van der Waals surface area contributed by atoms with E-state index in [9.17, 15) is 4.79 Å². The molecule has 0 bridgehead atoms. The van der Waals surface area contributed by atoms with Crippen LogP contribution in [-0.2, 0) is 16.1 Å². The molecular formula is C15H19N3O3. The number of ether oxygens (including phenoxy) is 1. The molecule has 21 heavy (non-hydrogen) atoms. The number of aryl methyl sites for hydroxylation is 1. The molecule has 0 saturated heterocycles. The Hall–Kier alpha value is -2.34. The van der Waals surface area contributed by atoms with Gasteiger partial charge in [-0.3, -0.25) is 10.1 Å². The molecule has 2 aromatic rings. The molecule has 2 N–H and O–H groups in total. The normalized spacial score (nSPS) is 12.0. The topological polar surface area (TPSA) is 76.4 Å². The summed E-state index contributed by atoms with van der Waals surface area (Å²) in [5.41, 5.74) is 2.63. The minimum Gasteiger partial charge on any atom is -0.380 e. The highest BCUT2D eigenvalue weighted by Gasteiger charge is 2.14. The van der Waals surface area contributed by atoms with E-state index in [1.165, 1.54) is 0 Å². The third-order valence-corrected chi connectivity index (χ3v) is 2.89. The van der Waals surface area contributed by atoms with E-state index in [4.69, 9.17) is 9.26 Å². The summed E-state index contributed by atoms with van der Waals surface area (Å²) >= 11 is 0. The molecule has 1 atom stereocenters. The second-order valence-electron chi connectivity index (χ2n) is 4.82. The van der Waals surface area contributed by atoms with Crippen LogP contribution in [0.4, 0.5) is 11.6 Å². The van der Waals surface area contributed by atoms with Crippen LogP contribution < -0.4 is 10.6 Å². The predicted molar refractivity (Wildman–Crippen MR) is 80.1 cm³/mol. The van der Waals surface area contributed by atoms with Gasteiger partial charge in [-0.1, -0.05) is 17.3 Å². The van der Waals surface area contributed by atoms with E-state index in [1.807, 2.05) is 24.3 Å². The molecule has 1 aromatic heterocycles. The van der Waals surface area contributed by atoms with Gasteiger partial charge in [0, 0.05) is 18.9 Å². The number of rotatable bonds is 6. The van der Waals surface area contributed by atoms with E-state index in [1.54, 1.807) is 27.0 Å². The maximum absolute atomic E-state index is 12.1. The molecule has 2 rings (SSSR count). The first-order valence-corrected chi connectivity index (χ1v) is 6.67. The summed E-state index contributed by atoms with van der Waals surface area (Å²) in [6.45, 7) is 4.11. The van der Waals surface area contributed by atoms with Crippen molar-refractivity contribution in [2.75, 3.05) is 17.7 Å². The standard InChI is InChI=1S/C15H19N3O3/c1-10-7-14(21-18-10)17-15(19)11(2)16-13-6-4-5-12(8-13)9-20-3/h4-8,11,16H,9H2,1-3H3,(H,17,19)/t11-/m1/s1. The maximum atomic E-state index is 12.1. The molecule has 0 saturated carbocycles. The monoisotopic (exact) mass is 289 g/mol. The molecule has 1 amide bonds. The Morgan fingerprint density at radius 1 is 1.43 bits per heavy atom. The van der Waals surface area contributed by atoms with Gasteiger partial charge in [0.2, 0.25) is 11.8 Å². The molecule has 0 aliphatic rings. The Bertz CT molecular complexity index is 610. The van der Waals surface area contributed by atoms with Crippen molar-refractivity contribution < 1.29 is 14.1 Å². The van der Waals surface area contributed by atoms with E-state index in [0.717, 1.165) is 16.9 Å². The van der Waals surface area contributed by atoms with Crippen molar-refractivity contribution in [3.05, 3.63) is 41.6 Å². The summed E-state index contributed by atoms with van der Waals surface area (Å²) in [6.07, 6.45) is 0. The summed E-state index contributed by atoms with van der Waals surface area (Å²) in [5, 5.41) is 9.53. The van der Waals surface area contributed by atoms with E-state index in [0.29, 0.717) is 12.5 Å². The van der Waals surface area contributed by atoms with E-state index >= 15 is 0 Å². The zero-order valence-electron chi connectivity index (χ0n) is 12.3. The maximum Gasteiger partial charge on any atom is 0.248 e. The SMILES string of the molecule is COCc1cccc(N[C@H](C)C(=O)Nc2cc(C)no2)c1. The number of carbonyl (C=O) groups excluding carboxylic acids is 1. The fraction of sp³-hybridized carbons (Fsp3) is 0.333. The van der Waals surface area contributed by atoms with Crippen molar-refractivity contribution >= 4 is 17.5 Å². The van der Waals surface area contributed by atoms with Crippen LogP contribution in [-0.4, -0.2) is 24.2 Å². The Morgan fingerprint density at radius 3 is 2.90 bits per heavy atom. The number of nitrogens with zero attached hydrogens (tertiary/aromatic N) is 1. The molecule has 0 fully saturated rings. The Kier molecular flexibility index (Phi) is 4.94. The summed E-state index contributed by atoms with van der Waals surface area (Å²) in [4.78, 5) is 12.1. The number of hydrogen-bond donors (Lipinski definition) is 2. The van der Waals surface area contributed by atoms with Crippen LogP contribution in [0.25, 0.3) is 0 Å². The lowest BCUT2D eigenvalue weighted by Crippen LogP contribution is -2.31. The molecule has 0 unspecified atom stereocenters.